The minimum atomic E-state index is -0.193. The second-order valence-electron chi connectivity index (χ2n) is 5.84. The number of hydrogen-bond acceptors (Lipinski definition) is 5. The van der Waals surface area contributed by atoms with Gasteiger partial charge in [0.1, 0.15) is 5.82 Å². The molecule has 0 bridgehead atoms. The molecule has 1 N–H and O–H groups in total. The zero-order valence-electron chi connectivity index (χ0n) is 13.6. The standard InChI is InChI=1S/C19H16N4OS/c1-2-15(25)17-22-18-16(19(24)23-17)13(7-9-21-18)11-5-6-14-12(10-11)4-3-8-20-14/h3-10,15,25H,2H2,1H3,(H,21,22,23,24). The monoisotopic (exact) mass is 348 g/mol. The first-order chi connectivity index (χ1) is 12.2. The molecule has 25 heavy (non-hydrogen) atoms. The van der Waals surface area contributed by atoms with E-state index in [9.17, 15) is 4.79 Å². The maximum atomic E-state index is 12.7. The average molecular weight is 348 g/mol. The lowest BCUT2D eigenvalue weighted by Gasteiger charge is -2.10. The number of benzene rings is 1. The Morgan fingerprint density at radius 3 is 2.88 bits per heavy atom. The van der Waals surface area contributed by atoms with Crippen molar-refractivity contribution in [3.8, 4) is 11.1 Å². The summed E-state index contributed by atoms with van der Waals surface area (Å²) < 4.78 is 0. The van der Waals surface area contributed by atoms with E-state index in [1.54, 1.807) is 12.4 Å². The molecule has 0 spiro atoms. The number of pyridine rings is 2. The van der Waals surface area contributed by atoms with E-state index < -0.39 is 0 Å². The molecular weight excluding hydrogens is 332 g/mol. The third kappa shape index (κ3) is 2.78. The number of nitrogens with one attached hydrogen (secondary N) is 1. The summed E-state index contributed by atoms with van der Waals surface area (Å²) >= 11 is 4.46. The third-order valence-electron chi connectivity index (χ3n) is 4.24. The number of hydrogen-bond donors (Lipinski definition) is 2. The molecule has 4 aromatic rings. The van der Waals surface area contributed by atoms with Crippen molar-refractivity contribution in [3.63, 3.8) is 0 Å². The lowest BCUT2D eigenvalue weighted by atomic mass is 10.0. The van der Waals surface area contributed by atoms with Gasteiger partial charge in [0.25, 0.3) is 5.56 Å². The fourth-order valence-electron chi connectivity index (χ4n) is 2.92. The molecule has 0 aliphatic heterocycles. The van der Waals surface area contributed by atoms with Crippen LogP contribution in [-0.4, -0.2) is 19.9 Å². The van der Waals surface area contributed by atoms with Gasteiger partial charge in [-0.25, -0.2) is 9.97 Å². The van der Waals surface area contributed by atoms with E-state index in [1.165, 1.54) is 0 Å². The predicted octanol–water partition coefficient (Wildman–Crippen LogP) is 3.91. The third-order valence-corrected chi connectivity index (χ3v) is 4.85. The summed E-state index contributed by atoms with van der Waals surface area (Å²) in [5.74, 6) is 0.552. The Balaban J connectivity index is 1.96. The average Bonchev–Trinajstić information content (AvgIpc) is 2.66. The summed E-state index contributed by atoms with van der Waals surface area (Å²) in [5.41, 5.74) is 2.91. The van der Waals surface area contributed by atoms with E-state index in [0.717, 1.165) is 28.5 Å². The molecule has 5 nitrogen and oxygen atoms in total. The Kier molecular flexibility index (Phi) is 3.97. The number of aromatic nitrogens is 4. The van der Waals surface area contributed by atoms with Gasteiger partial charge in [-0.2, -0.15) is 12.6 Å². The molecule has 0 aliphatic carbocycles. The summed E-state index contributed by atoms with van der Waals surface area (Å²) in [6.45, 7) is 1.99. The Morgan fingerprint density at radius 2 is 2.04 bits per heavy atom. The van der Waals surface area contributed by atoms with Crippen LogP contribution in [0.15, 0.2) is 53.6 Å². The van der Waals surface area contributed by atoms with Crippen molar-refractivity contribution in [2.45, 2.75) is 18.6 Å². The van der Waals surface area contributed by atoms with Gasteiger partial charge in [-0.3, -0.25) is 9.78 Å². The minimum absolute atomic E-state index is 0.116. The molecule has 0 fully saturated rings. The Hall–Kier alpha value is -2.73. The number of rotatable bonds is 3. The van der Waals surface area contributed by atoms with E-state index in [1.807, 2.05) is 43.3 Å². The lowest BCUT2D eigenvalue weighted by Crippen LogP contribution is -2.14. The van der Waals surface area contributed by atoms with Crippen molar-refractivity contribution in [2.24, 2.45) is 0 Å². The van der Waals surface area contributed by atoms with Crippen LogP contribution < -0.4 is 5.56 Å². The molecule has 0 aliphatic rings. The van der Waals surface area contributed by atoms with Gasteiger partial charge in [0.15, 0.2) is 5.65 Å². The van der Waals surface area contributed by atoms with Crippen LogP contribution >= 0.6 is 12.6 Å². The van der Waals surface area contributed by atoms with E-state index >= 15 is 0 Å². The summed E-state index contributed by atoms with van der Waals surface area (Å²) in [7, 11) is 0. The number of aromatic amines is 1. The van der Waals surface area contributed by atoms with E-state index in [-0.39, 0.29) is 10.8 Å². The van der Waals surface area contributed by atoms with Crippen molar-refractivity contribution in [3.05, 3.63) is 65.0 Å². The topological polar surface area (TPSA) is 71.5 Å². The van der Waals surface area contributed by atoms with Gasteiger partial charge in [-0.05, 0) is 41.8 Å². The van der Waals surface area contributed by atoms with Crippen molar-refractivity contribution < 1.29 is 0 Å². The summed E-state index contributed by atoms with van der Waals surface area (Å²) in [6, 6.07) is 11.7. The molecule has 124 valence electrons. The molecule has 1 unspecified atom stereocenters. The maximum absolute atomic E-state index is 12.7. The molecule has 0 saturated carbocycles. The minimum Gasteiger partial charge on any atom is -0.309 e. The highest BCUT2D eigenvalue weighted by Gasteiger charge is 2.14. The second-order valence-corrected chi connectivity index (χ2v) is 6.47. The van der Waals surface area contributed by atoms with Gasteiger partial charge in [0.05, 0.1) is 16.2 Å². The second kappa shape index (κ2) is 6.29. The zero-order valence-corrected chi connectivity index (χ0v) is 14.5. The van der Waals surface area contributed by atoms with Crippen molar-refractivity contribution in [1.82, 2.24) is 19.9 Å². The Morgan fingerprint density at radius 1 is 1.16 bits per heavy atom. The number of thiol groups is 1. The smallest absolute Gasteiger partial charge is 0.261 e. The summed E-state index contributed by atoms with van der Waals surface area (Å²) in [6.07, 6.45) is 4.22. The van der Waals surface area contributed by atoms with Crippen LogP contribution in [0.25, 0.3) is 33.1 Å². The molecule has 1 atom stereocenters. The molecule has 0 saturated heterocycles. The van der Waals surface area contributed by atoms with Crippen LogP contribution in [-0.2, 0) is 0 Å². The van der Waals surface area contributed by atoms with Gasteiger partial charge in [0, 0.05) is 17.8 Å². The van der Waals surface area contributed by atoms with Crippen LogP contribution in [0.5, 0.6) is 0 Å². The van der Waals surface area contributed by atoms with Crippen LogP contribution in [0, 0.1) is 0 Å². The molecule has 1 aromatic carbocycles. The van der Waals surface area contributed by atoms with E-state index in [2.05, 4.69) is 32.6 Å². The first-order valence-electron chi connectivity index (χ1n) is 8.09. The number of H-pyrrole nitrogens is 1. The normalized spacial score (nSPS) is 12.6. The Labute approximate surface area is 149 Å². The highest BCUT2D eigenvalue weighted by molar-refractivity contribution is 7.80. The van der Waals surface area contributed by atoms with Gasteiger partial charge < -0.3 is 4.98 Å². The molecule has 6 heteroatoms. The Bertz CT molecular complexity index is 1140. The fraction of sp³-hybridized carbons (Fsp3) is 0.158. The van der Waals surface area contributed by atoms with Gasteiger partial charge >= 0.3 is 0 Å². The highest BCUT2D eigenvalue weighted by Crippen LogP contribution is 2.28. The number of fused-ring (bicyclic) bond motifs is 2. The van der Waals surface area contributed by atoms with E-state index in [0.29, 0.717) is 16.9 Å². The SMILES string of the molecule is CCC(S)c1nc2nccc(-c3ccc4ncccc4c3)c2c(=O)[nH]1. The van der Waals surface area contributed by atoms with Gasteiger partial charge in [-0.1, -0.05) is 19.1 Å². The van der Waals surface area contributed by atoms with Crippen LogP contribution in [0.2, 0.25) is 0 Å². The van der Waals surface area contributed by atoms with Gasteiger partial charge in [0.2, 0.25) is 0 Å². The van der Waals surface area contributed by atoms with E-state index in [4.69, 9.17) is 0 Å². The van der Waals surface area contributed by atoms with Crippen LogP contribution in [0.4, 0.5) is 0 Å². The predicted molar refractivity (Wildman–Crippen MR) is 103 cm³/mol. The quantitative estimate of drug-likeness (QED) is 0.551. The largest absolute Gasteiger partial charge is 0.309 e. The summed E-state index contributed by atoms with van der Waals surface area (Å²) in [4.78, 5) is 28.7. The van der Waals surface area contributed by atoms with Crippen LogP contribution in [0.1, 0.15) is 24.4 Å². The summed E-state index contributed by atoms with van der Waals surface area (Å²) in [5, 5.41) is 1.40. The van der Waals surface area contributed by atoms with Crippen LogP contribution in [0.3, 0.4) is 0 Å². The molecule has 3 aromatic heterocycles. The lowest BCUT2D eigenvalue weighted by molar-refractivity contribution is 0.818. The zero-order chi connectivity index (χ0) is 17.4. The fourth-order valence-corrected chi connectivity index (χ4v) is 3.04. The maximum Gasteiger partial charge on any atom is 0.261 e. The molecule has 3 heterocycles. The molecule has 0 amide bonds. The first kappa shape index (κ1) is 15.8. The van der Waals surface area contributed by atoms with Crippen molar-refractivity contribution in [2.75, 3.05) is 0 Å². The number of nitrogens with zero attached hydrogens (tertiary/aromatic N) is 3. The van der Waals surface area contributed by atoms with Gasteiger partial charge in [-0.15, -0.1) is 0 Å². The first-order valence-corrected chi connectivity index (χ1v) is 8.61. The molecule has 0 radical (unpaired) electrons. The van der Waals surface area contributed by atoms with Crippen molar-refractivity contribution in [1.29, 1.82) is 0 Å². The highest BCUT2D eigenvalue weighted by atomic mass is 32.1. The molecular formula is C19H16N4OS. The molecule has 4 rings (SSSR count). The van der Waals surface area contributed by atoms with Crippen molar-refractivity contribution >= 4 is 34.6 Å².